The van der Waals surface area contributed by atoms with E-state index in [1.165, 1.54) is 6.07 Å². The first kappa shape index (κ1) is 13.3. The maximum absolute atomic E-state index is 11.4. The fourth-order valence-electron chi connectivity index (χ4n) is 1.93. The van der Waals surface area contributed by atoms with Gasteiger partial charge in [0.25, 0.3) is 0 Å². The third-order valence-corrected chi connectivity index (χ3v) is 2.90. The topological polar surface area (TPSA) is 82.5 Å². The van der Waals surface area contributed by atoms with Gasteiger partial charge in [0.05, 0.1) is 6.54 Å². The SMILES string of the molecule is CCc1cc2c(C)cc(=O)oc2cc1OC(=O)CN. The van der Waals surface area contributed by atoms with Gasteiger partial charge in [-0.3, -0.25) is 4.79 Å². The molecule has 2 N–H and O–H groups in total. The van der Waals surface area contributed by atoms with Gasteiger partial charge in [0.15, 0.2) is 0 Å². The van der Waals surface area contributed by atoms with Gasteiger partial charge in [-0.05, 0) is 30.5 Å². The van der Waals surface area contributed by atoms with Crippen molar-refractivity contribution in [3.63, 3.8) is 0 Å². The van der Waals surface area contributed by atoms with Crippen LogP contribution in [0.2, 0.25) is 0 Å². The Labute approximate surface area is 110 Å². The molecule has 1 aromatic heterocycles. The molecule has 1 aromatic carbocycles. The standard InChI is InChI=1S/C14H15NO4/c1-3-9-5-10-8(2)4-13(16)19-12(10)6-11(9)18-14(17)7-15/h4-6H,3,7,15H2,1-2H3. The van der Waals surface area contributed by atoms with Gasteiger partial charge < -0.3 is 14.9 Å². The molecule has 0 saturated heterocycles. The molecule has 2 aromatic rings. The molecule has 0 radical (unpaired) electrons. The van der Waals surface area contributed by atoms with Crippen molar-refractivity contribution in [2.45, 2.75) is 20.3 Å². The highest BCUT2D eigenvalue weighted by atomic mass is 16.5. The minimum atomic E-state index is -0.524. The van der Waals surface area contributed by atoms with E-state index in [-0.39, 0.29) is 6.54 Å². The number of carbonyl (C=O) groups is 1. The second-order valence-electron chi connectivity index (χ2n) is 4.24. The third kappa shape index (κ3) is 2.66. The predicted molar refractivity (Wildman–Crippen MR) is 71.3 cm³/mol. The number of fused-ring (bicyclic) bond motifs is 1. The molecule has 0 fully saturated rings. The van der Waals surface area contributed by atoms with E-state index in [4.69, 9.17) is 14.9 Å². The van der Waals surface area contributed by atoms with E-state index in [2.05, 4.69) is 0 Å². The van der Waals surface area contributed by atoms with E-state index >= 15 is 0 Å². The monoisotopic (exact) mass is 261 g/mol. The molecular formula is C14H15NO4. The summed E-state index contributed by atoms with van der Waals surface area (Å²) in [4.78, 5) is 22.6. The first-order valence-corrected chi connectivity index (χ1v) is 6.03. The van der Waals surface area contributed by atoms with Crippen LogP contribution in [0.1, 0.15) is 18.1 Å². The lowest BCUT2D eigenvalue weighted by Gasteiger charge is -2.10. The number of rotatable bonds is 3. The predicted octanol–water partition coefficient (Wildman–Crippen LogP) is 1.53. The van der Waals surface area contributed by atoms with Crippen molar-refractivity contribution >= 4 is 16.9 Å². The van der Waals surface area contributed by atoms with E-state index in [0.717, 1.165) is 16.5 Å². The molecule has 5 heteroatoms. The number of hydrogen-bond acceptors (Lipinski definition) is 5. The van der Waals surface area contributed by atoms with Crippen LogP contribution in [-0.4, -0.2) is 12.5 Å². The van der Waals surface area contributed by atoms with Gasteiger partial charge >= 0.3 is 11.6 Å². The highest BCUT2D eigenvalue weighted by Crippen LogP contribution is 2.27. The molecule has 0 aliphatic heterocycles. The van der Waals surface area contributed by atoms with Gasteiger partial charge in [-0.1, -0.05) is 6.92 Å². The van der Waals surface area contributed by atoms with Crippen LogP contribution in [0.3, 0.4) is 0 Å². The number of esters is 1. The maximum atomic E-state index is 11.4. The summed E-state index contributed by atoms with van der Waals surface area (Å²) >= 11 is 0. The van der Waals surface area contributed by atoms with Crippen LogP contribution in [-0.2, 0) is 11.2 Å². The molecule has 5 nitrogen and oxygen atoms in total. The summed E-state index contributed by atoms with van der Waals surface area (Å²) in [6.07, 6.45) is 0.696. The van der Waals surface area contributed by atoms with Crippen LogP contribution >= 0.6 is 0 Å². The smallest absolute Gasteiger partial charge is 0.336 e. The van der Waals surface area contributed by atoms with Gasteiger partial charge in [0, 0.05) is 17.5 Å². The molecule has 0 atom stereocenters. The van der Waals surface area contributed by atoms with E-state index in [1.54, 1.807) is 6.07 Å². The fourth-order valence-corrected chi connectivity index (χ4v) is 1.93. The fraction of sp³-hybridized carbons (Fsp3) is 0.286. The molecule has 0 unspecified atom stereocenters. The average molecular weight is 261 g/mol. The molecule has 0 spiro atoms. The van der Waals surface area contributed by atoms with Crippen molar-refractivity contribution in [2.24, 2.45) is 5.73 Å². The lowest BCUT2D eigenvalue weighted by Crippen LogP contribution is -2.20. The van der Waals surface area contributed by atoms with Crippen LogP contribution in [0, 0.1) is 6.92 Å². The summed E-state index contributed by atoms with van der Waals surface area (Å²) in [5.41, 5.74) is 6.90. The Morgan fingerprint density at radius 2 is 2.11 bits per heavy atom. The van der Waals surface area contributed by atoms with Crippen molar-refractivity contribution in [2.75, 3.05) is 6.54 Å². The van der Waals surface area contributed by atoms with Crippen LogP contribution in [0.4, 0.5) is 0 Å². The lowest BCUT2D eigenvalue weighted by atomic mass is 10.1. The summed E-state index contributed by atoms with van der Waals surface area (Å²) < 4.78 is 10.3. The number of carbonyl (C=O) groups excluding carboxylic acids is 1. The first-order chi connectivity index (χ1) is 9.05. The minimum absolute atomic E-state index is 0.195. The van der Waals surface area contributed by atoms with E-state index in [1.807, 2.05) is 19.9 Å². The zero-order valence-electron chi connectivity index (χ0n) is 10.9. The van der Waals surface area contributed by atoms with Crippen molar-refractivity contribution < 1.29 is 13.9 Å². The maximum Gasteiger partial charge on any atom is 0.336 e. The largest absolute Gasteiger partial charge is 0.425 e. The van der Waals surface area contributed by atoms with Gasteiger partial charge in [-0.25, -0.2) is 4.79 Å². The molecule has 19 heavy (non-hydrogen) atoms. The molecule has 0 aliphatic carbocycles. The highest BCUT2D eigenvalue weighted by molar-refractivity contribution is 5.84. The van der Waals surface area contributed by atoms with Gasteiger partial charge in [-0.2, -0.15) is 0 Å². The zero-order valence-corrected chi connectivity index (χ0v) is 10.9. The van der Waals surface area contributed by atoms with Gasteiger partial charge in [0.1, 0.15) is 11.3 Å². The summed E-state index contributed by atoms with van der Waals surface area (Å²) in [5.74, 6) is -0.136. The van der Waals surface area contributed by atoms with Crippen LogP contribution in [0.5, 0.6) is 5.75 Å². The Hall–Kier alpha value is -2.14. The molecule has 0 saturated carbocycles. The normalized spacial score (nSPS) is 10.7. The van der Waals surface area contributed by atoms with Gasteiger partial charge in [0.2, 0.25) is 0 Å². The number of aryl methyl sites for hydroxylation is 2. The Balaban J connectivity index is 2.64. The Kier molecular flexibility index (Phi) is 3.66. The molecule has 100 valence electrons. The molecule has 1 heterocycles. The van der Waals surface area contributed by atoms with Crippen LogP contribution < -0.4 is 16.1 Å². The van der Waals surface area contributed by atoms with Crippen molar-refractivity contribution in [3.8, 4) is 5.75 Å². The minimum Gasteiger partial charge on any atom is -0.425 e. The van der Waals surface area contributed by atoms with Crippen molar-refractivity contribution in [1.82, 2.24) is 0 Å². The molecule has 0 bridgehead atoms. The van der Waals surface area contributed by atoms with Gasteiger partial charge in [-0.15, -0.1) is 0 Å². The summed E-state index contributed by atoms with van der Waals surface area (Å²) in [5, 5.41) is 0.837. The number of benzene rings is 1. The van der Waals surface area contributed by atoms with Crippen LogP contribution in [0.15, 0.2) is 27.4 Å². The summed E-state index contributed by atoms with van der Waals surface area (Å²) in [6.45, 7) is 3.60. The Morgan fingerprint density at radius 3 is 2.74 bits per heavy atom. The molecular weight excluding hydrogens is 246 g/mol. The Bertz CT molecular complexity index is 688. The van der Waals surface area contributed by atoms with E-state index in [0.29, 0.717) is 17.8 Å². The molecule has 0 amide bonds. The van der Waals surface area contributed by atoms with Crippen molar-refractivity contribution in [3.05, 3.63) is 39.7 Å². The number of hydrogen-bond donors (Lipinski definition) is 1. The van der Waals surface area contributed by atoms with Crippen LogP contribution in [0.25, 0.3) is 11.0 Å². The lowest BCUT2D eigenvalue weighted by molar-refractivity contribution is -0.132. The zero-order chi connectivity index (χ0) is 14.0. The quantitative estimate of drug-likeness (QED) is 0.514. The number of nitrogens with two attached hydrogens (primary N) is 1. The highest BCUT2D eigenvalue weighted by Gasteiger charge is 2.11. The Morgan fingerprint density at radius 1 is 1.37 bits per heavy atom. The van der Waals surface area contributed by atoms with Crippen molar-refractivity contribution in [1.29, 1.82) is 0 Å². The van der Waals surface area contributed by atoms with E-state index in [9.17, 15) is 9.59 Å². The first-order valence-electron chi connectivity index (χ1n) is 6.03. The van der Waals surface area contributed by atoms with E-state index < -0.39 is 11.6 Å². The average Bonchev–Trinajstić information content (AvgIpc) is 2.37. The summed E-state index contributed by atoms with van der Waals surface area (Å²) in [7, 11) is 0. The third-order valence-electron chi connectivity index (χ3n) is 2.90. The molecule has 2 rings (SSSR count). The summed E-state index contributed by atoms with van der Waals surface area (Å²) in [6, 6.07) is 4.87. The number of ether oxygens (including phenoxy) is 1. The molecule has 0 aliphatic rings. The second kappa shape index (κ2) is 5.24. The second-order valence-corrected chi connectivity index (χ2v) is 4.24.